The summed E-state index contributed by atoms with van der Waals surface area (Å²) >= 11 is -1.14. The molecule has 90 valence electrons. The van der Waals surface area contributed by atoms with Crippen molar-refractivity contribution in [1.29, 1.82) is 0 Å². The monoisotopic (exact) mass is 254 g/mol. The van der Waals surface area contributed by atoms with Crippen LogP contribution < -0.4 is 0 Å². The van der Waals surface area contributed by atoms with Crippen LogP contribution >= 0.6 is 0 Å². The first-order valence-electron chi connectivity index (χ1n) is 4.83. The maximum atomic E-state index is 12.1. The quantitative estimate of drug-likeness (QED) is 0.555. The van der Waals surface area contributed by atoms with Crippen molar-refractivity contribution in [2.24, 2.45) is 0 Å². The smallest absolute Gasteiger partial charge is 0.272 e. The molecule has 0 amide bonds. The summed E-state index contributed by atoms with van der Waals surface area (Å²) < 4.78 is 38.3. The average molecular weight is 254 g/mol. The SMILES string of the molecule is COS(=O)(=O)CC1([S+]([O-])C(C)(C)C)CC1. The van der Waals surface area contributed by atoms with Crippen LogP contribution in [0.3, 0.4) is 0 Å². The lowest BCUT2D eigenvalue weighted by Crippen LogP contribution is -2.42. The van der Waals surface area contributed by atoms with Gasteiger partial charge < -0.3 is 4.55 Å². The minimum Gasteiger partial charge on any atom is -0.615 e. The zero-order chi connectivity index (χ0) is 11.9. The van der Waals surface area contributed by atoms with Gasteiger partial charge in [0.2, 0.25) is 0 Å². The Hall–Kier alpha value is 0.220. The summed E-state index contributed by atoms with van der Waals surface area (Å²) in [7, 11) is -2.37. The standard InChI is InChI=1S/C9H18O4S2/c1-8(2,3)14(10)9(5-6-9)7-15(11,12)13-4/h5-7H2,1-4H3. The van der Waals surface area contributed by atoms with E-state index in [1.165, 1.54) is 0 Å². The van der Waals surface area contributed by atoms with Gasteiger partial charge >= 0.3 is 0 Å². The van der Waals surface area contributed by atoms with Gasteiger partial charge in [0.25, 0.3) is 10.1 Å². The van der Waals surface area contributed by atoms with E-state index in [4.69, 9.17) is 0 Å². The molecule has 0 spiro atoms. The van der Waals surface area contributed by atoms with E-state index in [9.17, 15) is 13.0 Å². The Bertz CT molecular complexity index is 325. The van der Waals surface area contributed by atoms with Crippen LogP contribution in [0.25, 0.3) is 0 Å². The number of rotatable bonds is 4. The zero-order valence-electron chi connectivity index (χ0n) is 9.57. The second-order valence-corrected chi connectivity index (χ2v) is 9.30. The fourth-order valence-corrected chi connectivity index (χ4v) is 5.24. The molecule has 1 aliphatic rings. The minimum absolute atomic E-state index is 0.125. The molecule has 1 unspecified atom stereocenters. The van der Waals surface area contributed by atoms with E-state index in [1.54, 1.807) is 0 Å². The molecule has 0 aliphatic heterocycles. The molecular formula is C9H18O4S2. The molecule has 1 aliphatic carbocycles. The van der Waals surface area contributed by atoms with Crippen molar-refractivity contribution in [3.8, 4) is 0 Å². The molecule has 0 aromatic rings. The van der Waals surface area contributed by atoms with Crippen molar-refractivity contribution in [2.75, 3.05) is 12.9 Å². The Morgan fingerprint density at radius 1 is 1.40 bits per heavy atom. The van der Waals surface area contributed by atoms with Gasteiger partial charge in [-0.1, -0.05) is 0 Å². The number of hydrogen-bond donors (Lipinski definition) is 0. The van der Waals surface area contributed by atoms with Crippen molar-refractivity contribution in [3.05, 3.63) is 0 Å². The molecule has 0 heterocycles. The molecule has 15 heavy (non-hydrogen) atoms. The summed E-state index contributed by atoms with van der Waals surface area (Å²) in [6.07, 6.45) is 1.42. The van der Waals surface area contributed by atoms with E-state index in [2.05, 4.69) is 4.18 Å². The van der Waals surface area contributed by atoms with Crippen molar-refractivity contribution in [3.63, 3.8) is 0 Å². The highest BCUT2D eigenvalue weighted by Gasteiger charge is 2.60. The topological polar surface area (TPSA) is 66.4 Å². The summed E-state index contributed by atoms with van der Waals surface area (Å²) in [5, 5.41) is 0. The minimum atomic E-state index is -3.51. The van der Waals surface area contributed by atoms with Crippen LogP contribution in [0.4, 0.5) is 0 Å². The molecule has 0 bridgehead atoms. The van der Waals surface area contributed by atoms with Crippen LogP contribution in [0.5, 0.6) is 0 Å². The van der Waals surface area contributed by atoms with Crippen LogP contribution in [-0.4, -0.2) is 35.3 Å². The molecule has 0 N–H and O–H groups in total. The van der Waals surface area contributed by atoms with Gasteiger partial charge in [0.05, 0.1) is 7.11 Å². The largest absolute Gasteiger partial charge is 0.615 e. The Kier molecular flexibility index (Phi) is 3.46. The van der Waals surface area contributed by atoms with Crippen LogP contribution in [0.1, 0.15) is 33.6 Å². The first kappa shape index (κ1) is 13.3. The molecule has 1 rings (SSSR count). The molecule has 1 fully saturated rings. The molecule has 4 nitrogen and oxygen atoms in total. The molecule has 6 heteroatoms. The van der Waals surface area contributed by atoms with E-state index < -0.39 is 26.0 Å². The van der Waals surface area contributed by atoms with Gasteiger partial charge in [0.1, 0.15) is 15.2 Å². The normalized spacial score (nSPS) is 22.5. The van der Waals surface area contributed by atoms with Gasteiger partial charge in [0, 0.05) is 12.8 Å². The van der Waals surface area contributed by atoms with Gasteiger partial charge in [-0.2, -0.15) is 8.42 Å². The molecule has 1 atom stereocenters. The highest BCUT2D eigenvalue weighted by molar-refractivity contribution is 7.96. The summed E-state index contributed by atoms with van der Waals surface area (Å²) in [5.41, 5.74) is 0. The summed E-state index contributed by atoms with van der Waals surface area (Å²) in [6, 6.07) is 0. The third-order valence-electron chi connectivity index (χ3n) is 2.45. The highest BCUT2D eigenvalue weighted by atomic mass is 32.2. The predicted octanol–water partition coefficient (Wildman–Crippen LogP) is 1.04. The lowest BCUT2D eigenvalue weighted by atomic mass is 10.3. The molecular weight excluding hydrogens is 236 g/mol. The molecule has 0 aromatic heterocycles. The maximum Gasteiger partial charge on any atom is 0.272 e. The lowest BCUT2D eigenvalue weighted by molar-refractivity contribution is 0.396. The van der Waals surface area contributed by atoms with E-state index in [1.807, 2.05) is 20.8 Å². The van der Waals surface area contributed by atoms with Crippen molar-refractivity contribution in [2.45, 2.75) is 43.1 Å². The molecule has 0 aromatic carbocycles. The van der Waals surface area contributed by atoms with Gasteiger partial charge in [-0.3, -0.25) is 4.18 Å². The Morgan fingerprint density at radius 3 is 2.13 bits per heavy atom. The van der Waals surface area contributed by atoms with Gasteiger partial charge in [0.15, 0.2) is 0 Å². The van der Waals surface area contributed by atoms with Crippen molar-refractivity contribution >= 4 is 21.3 Å². The first-order chi connectivity index (χ1) is 6.63. The third-order valence-corrected chi connectivity index (χ3v) is 6.50. The Morgan fingerprint density at radius 2 is 1.87 bits per heavy atom. The fourth-order valence-electron chi connectivity index (χ4n) is 1.55. The van der Waals surface area contributed by atoms with E-state index in [0.717, 1.165) is 7.11 Å². The first-order valence-corrected chi connectivity index (χ1v) is 7.56. The van der Waals surface area contributed by atoms with Gasteiger partial charge in [-0.25, -0.2) is 0 Å². The van der Waals surface area contributed by atoms with Crippen LogP contribution in [-0.2, 0) is 25.5 Å². The van der Waals surface area contributed by atoms with Crippen molar-refractivity contribution < 1.29 is 17.2 Å². The van der Waals surface area contributed by atoms with Crippen LogP contribution in [0, 0.1) is 0 Å². The summed E-state index contributed by atoms with van der Waals surface area (Å²) in [6.45, 7) is 5.59. The van der Waals surface area contributed by atoms with Gasteiger partial charge in [-0.15, -0.1) is 0 Å². The fraction of sp³-hybridized carbons (Fsp3) is 1.00. The number of hydrogen-bond acceptors (Lipinski definition) is 4. The van der Waals surface area contributed by atoms with E-state index in [0.29, 0.717) is 12.8 Å². The second kappa shape index (κ2) is 3.91. The highest BCUT2D eigenvalue weighted by Crippen LogP contribution is 2.49. The molecule has 1 saturated carbocycles. The van der Waals surface area contributed by atoms with Crippen LogP contribution in [0.2, 0.25) is 0 Å². The maximum absolute atomic E-state index is 12.1. The van der Waals surface area contributed by atoms with Crippen LogP contribution in [0.15, 0.2) is 0 Å². The van der Waals surface area contributed by atoms with Gasteiger partial charge in [-0.05, 0) is 31.9 Å². The zero-order valence-corrected chi connectivity index (χ0v) is 11.2. The second-order valence-electron chi connectivity index (χ2n) is 4.93. The average Bonchev–Trinajstić information content (AvgIpc) is 2.82. The lowest BCUT2D eigenvalue weighted by Gasteiger charge is -2.31. The van der Waals surface area contributed by atoms with Crippen molar-refractivity contribution in [1.82, 2.24) is 0 Å². The third kappa shape index (κ3) is 3.09. The van der Waals surface area contributed by atoms with E-state index in [-0.39, 0.29) is 10.5 Å². The Labute approximate surface area is 94.7 Å². The summed E-state index contributed by atoms with van der Waals surface area (Å²) in [4.78, 5) is 0. The summed E-state index contributed by atoms with van der Waals surface area (Å²) in [5.74, 6) is -0.125. The predicted molar refractivity (Wildman–Crippen MR) is 60.7 cm³/mol. The van der Waals surface area contributed by atoms with E-state index >= 15 is 0 Å². The molecule has 0 saturated heterocycles. The molecule has 0 radical (unpaired) electrons. The Balaban J connectivity index is 2.78.